The lowest BCUT2D eigenvalue weighted by Gasteiger charge is -2.30. The Balaban J connectivity index is 1.41. The van der Waals surface area contributed by atoms with E-state index in [1.165, 1.54) is 22.0 Å². The zero-order chi connectivity index (χ0) is 20.6. The predicted molar refractivity (Wildman–Crippen MR) is 110 cm³/mol. The van der Waals surface area contributed by atoms with Crippen molar-refractivity contribution in [3.8, 4) is 0 Å². The molecule has 1 aliphatic carbocycles. The van der Waals surface area contributed by atoms with Crippen LogP contribution < -0.4 is 5.32 Å². The van der Waals surface area contributed by atoms with Crippen LogP contribution in [0, 0.1) is 11.7 Å². The molecule has 2 aromatic carbocycles. The number of carbonyl (C=O) groups excluding carboxylic acids is 1. The normalized spacial score (nSPS) is 17.9. The second-order valence-electron chi connectivity index (χ2n) is 7.55. The highest BCUT2D eigenvalue weighted by atomic mass is 35.5. The Morgan fingerprint density at radius 1 is 1.10 bits per heavy atom. The molecule has 154 valence electrons. The molecular formula is C21H22ClFN2O3S. The number of halogens is 2. The maximum Gasteiger partial charge on any atom is 0.243 e. The SMILES string of the molecule is O=C(Nc1cccc(Cl)c1F)C1CCN(S(=O)(=O)c2ccc3c(c2)CCC3)CC1. The van der Waals surface area contributed by atoms with Crippen molar-refractivity contribution in [2.24, 2.45) is 5.92 Å². The summed E-state index contributed by atoms with van der Waals surface area (Å²) in [5, 5.41) is 2.51. The number of nitrogens with one attached hydrogen (secondary N) is 1. The summed E-state index contributed by atoms with van der Waals surface area (Å²) in [5.41, 5.74) is 2.38. The molecule has 2 aliphatic rings. The highest BCUT2D eigenvalue weighted by molar-refractivity contribution is 7.89. The minimum absolute atomic E-state index is 0.0377. The van der Waals surface area contributed by atoms with Gasteiger partial charge >= 0.3 is 0 Å². The van der Waals surface area contributed by atoms with E-state index in [2.05, 4.69) is 5.32 Å². The van der Waals surface area contributed by atoms with Crippen LogP contribution in [-0.4, -0.2) is 31.7 Å². The fraction of sp³-hybridized carbons (Fsp3) is 0.381. The van der Waals surface area contributed by atoms with E-state index in [1.807, 2.05) is 6.07 Å². The Kier molecular flexibility index (Phi) is 5.64. The molecule has 2 aromatic rings. The molecule has 0 spiro atoms. The van der Waals surface area contributed by atoms with Gasteiger partial charge in [-0.25, -0.2) is 12.8 Å². The van der Waals surface area contributed by atoms with Gasteiger partial charge in [0.1, 0.15) is 0 Å². The first kappa shape index (κ1) is 20.3. The van der Waals surface area contributed by atoms with Crippen molar-refractivity contribution >= 4 is 33.2 Å². The number of hydrogen-bond acceptors (Lipinski definition) is 3. The van der Waals surface area contributed by atoms with E-state index in [0.717, 1.165) is 24.8 Å². The number of fused-ring (bicyclic) bond motifs is 1. The fourth-order valence-electron chi connectivity index (χ4n) is 4.05. The first-order valence-electron chi connectivity index (χ1n) is 9.73. The van der Waals surface area contributed by atoms with Gasteiger partial charge in [-0.3, -0.25) is 4.79 Å². The summed E-state index contributed by atoms with van der Waals surface area (Å²) >= 11 is 5.75. The third kappa shape index (κ3) is 4.04. The van der Waals surface area contributed by atoms with Crippen molar-refractivity contribution < 1.29 is 17.6 Å². The number of nitrogens with zero attached hydrogens (tertiary/aromatic N) is 1. The quantitative estimate of drug-likeness (QED) is 0.787. The van der Waals surface area contributed by atoms with E-state index in [9.17, 15) is 17.6 Å². The molecule has 4 rings (SSSR count). The molecule has 0 atom stereocenters. The molecule has 1 aliphatic heterocycles. The summed E-state index contributed by atoms with van der Waals surface area (Å²) in [6.07, 6.45) is 3.76. The molecule has 1 N–H and O–H groups in total. The number of amides is 1. The van der Waals surface area contributed by atoms with Gasteiger partial charge in [-0.2, -0.15) is 4.31 Å². The molecule has 0 unspecified atom stereocenters. The van der Waals surface area contributed by atoms with E-state index < -0.39 is 15.8 Å². The van der Waals surface area contributed by atoms with Gasteiger partial charge in [-0.1, -0.05) is 23.7 Å². The van der Waals surface area contributed by atoms with Gasteiger partial charge in [-0.05, 0) is 67.5 Å². The van der Waals surface area contributed by atoms with Crippen molar-refractivity contribution in [3.63, 3.8) is 0 Å². The average molecular weight is 437 g/mol. The molecular weight excluding hydrogens is 415 g/mol. The van der Waals surface area contributed by atoms with Gasteiger partial charge in [0.15, 0.2) is 5.82 Å². The first-order valence-corrected chi connectivity index (χ1v) is 11.5. The molecule has 0 saturated carbocycles. The van der Waals surface area contributed by atoms with Crippen LogP contribution >= 0.6 is 11.6 Å². The molecule has 0 bridgehead atoms. The number of sulfonamides is 1. The fourth-order valence-corrected chi connectivity index (χ4v) is 5.75. The maximum atomic E-state index is 14.0. The lowest BCUT2D eigenvalue weighted by Crippen LogP contribution is -2.41. The number of anilines is 1. The summed E-state index contributed by atoms with van der Waals surface area (Å²) in [7, 11) is -3.58. The molecule has 0 aromatic heterocycles. The zero-order valence-electron chi connectivity index (χ0n) is 15.8. The van der Waals surface area contributed by atoms with E-state index in [-0.39, 0.29) is 35.6 Å². The Morgan fingerprint density at radius 2 is 1.83 bits per heavy atom. The van der Waals surface area contributed by atoms with Gasteiger partial charge in [0.2, 0.25) is 15.9 Å². The van der Waals surface area contributed by atoms with E-state index in [1.54, 1.807) is 18.2 Å². The van der Waals surface area contributed by atoms with Crippen molar-refractivity contribution in [2.45, 2.75) is 37.0 Å². The van der Waals surface area contributed by atoms with Crippen molar-refractivity contribution in [1.82, 2.24) is 4.31 Å². The van der Waals surface area contributed by atoms with Crippen LogP contribution in [0.2, 0.25) is 5.02 Å². The smallest absolute Gasteiger partial charge is 0.243 e. The standard InChI is InChI=1S/C21H22ClFN2O3S/c22-18-5-2-6-19(20(18)23)24-21(26)15-9-11-25(12-10-15)29(27,28)17-8-7-14-3-1-4-16(14)13-17/h2,5-8,13,15H,1,3-4,9-12H2,(H,24,26). The lowest BCUT2D eigenvalue weighted by atomic mass is 9.97. The molecule has 1 saturated heterocycles. The first-order chi connectivity index (χ1) is 13.9. The summed E-state index contributed by atoms with van der Waals surface area (Å²) in [5.74, 6) is -1.36. The van der Waals surface area contributed by atoms with E-state index in [4.69, 9.17) is 11.6 Å². The van der Waals surface area contributed by atoms with Crippen LogP contribution in [0.4, 0.5) is 10.1 Å². The van der Waals surface area contributed by atoms with Crippen LogP contribution in [0.3, 0.4) is 0 Å². The number of rotatable bonds is 4. The molecule has 1 fully saturated rings. The molecule has 8 heteroatoms. The average Bonchev–Trinajstić information content (AvgIpc) is 3.19. The van der Waals surface area contributed by atoms with E-state index >= 15 is 0 Å². The summed E-state index contributed by atoms with van der Waals surface area (Å²) < 4.78 is 41.4. The largest absolute Gasteiger partial charge is 0.323 e. The van der Waals surface area contributed by atoms with Gasteiger partial charge < -0.3 is 5.32 Å². The molecule has 5 nitrogen and oxygen atoms in total. The van der Waals surface area contributed by atoms with Crippen molar-refractivity contribution in [1.29, 1.82) is 0 Å². The highest BCUT2D eigenvalue weighted by Gasteiger charge is 2.33. The van der Waals surface area contributed by atoms with E-state index in [0.29, 0.717) is 17.7 Å². The molecule has 0 radical (unpaired) electrons. The van der Waals surface area contributed by atoms with Crippen LogP contribution in [0.25, 0.3) is 0 Å². The topological polar surface area (TPSA) is 66.5 Å². The van der Waals surface area contributed by atoms with Gasteiger partial charge in [0.25, 0.3) is 0 Å². The van der Waals surface area contributed by atoms with Crippen LogP contribution in [0.1, 0.15) is 30.4 Å². The Bertz CT molecular complexity index is 1050. The monoisotopic (exact) mass is 436 g/mol. The second-order valence-corrected chi connectivity index (χ2v) is 9.90. The minimum Gasteiger partial charge on any atom is -0.323 e. The molecule has 1 heterocycles. The predicted octanol–water partition coefficient (Wildman–Crippen LogP) is 4.01. The lowest BCUT2D eigenvalue weighted by molar-refractivity contribution is -0.120. The Labute approximate surface area is 174 Å². The Hall–Kier alpha value is -1.96. The summed E-state index contributed by atoms with van der Waals surface area (Å²) in [4.78, 5) is 12.8. The minimum atomic E-state index is -3.58. The van der Waals surface area contributed by atoms with Crippen LogP contribution in [0.15, 0.2) is 41.3 Å². The number of carbonyl (C=O) groups is 1. The second kappa shape index (κ2) is 8.05. The van der Waals surface area contributed by atoms with Crippen molar-refractivity contribution in [3.05, 3.63) is 58.4 Å². The third-order valence-electron chi connectivity index (χ3n) is 5.74. The van der Waals surface area contributed by atoms with Gasteiger partial charge in [0.05, 0.1) is 15.6 Å². The number of aryl methyl sites for hydroxylation is 2. The number of benzene rings is 2. The van der Waals surface area contributed by atoms with Crippen LogP contribution in [0.5, 0.6) is 0 Å². The number of hydrogen-bond donors (Lipinski definition) is 1. The van der Waals surface area contributed by atoms with Crippen molar-refractivity contribution in [2.75, 3.05) is 18.4 Å². The molecule has 29 heavy (non-hydrogen) atoms. The summed E-state index contributed by atoms with van der Waals surface area (Å²) in [6.45, 7) is 0.519. The van der Waals surface area contributed by atoms with Gasteiger partial charge in [-0.15, -0.1) is 0 Å². The Morgan fingerprint density at radius 3 is 2.59 bits per heavy atom. The summed E-state index contributed by atoms with van der Waals surface area (Å²) in [6, 6.07) is 9.81. The zero-order valence-corrected chi connectivity index (χ0v) is 17.4. The highest BCUT2D eigenvalue weighted by Crippen LogP contribution is 2.29. The third-order valence-corrected chi connectivity index (χ3v) is 7.93. The van der Waals surface area contributed by atoms with Crippen LogP contribution in [-0.2, 0) is 27.7 Å². The maximum absolute atomic E-state index is 14.0. The van der Waals surface area contributed by atoms with Gasteiger partial charge in [0, 0.05) is 19.0 Å². The molecule has 1 amide bonds. The number of piperidine rings is 1.